The smallest absolute Gasteiger partial charge is 0.255 e. The van der Waals surface area contributed by atoms with E-state index in [1.807, 2.05) is 31.2 Å². The fourth-order valence-corrected chi connectivity index (χ4v) is 3.13. The monoisotopic (exact) mass is 338 g/mol. The highest BCUT2D eigenvalue weighted by Crippen LogP contribution is 2.23. The van der Waals surface area contributed by atoms with Crippen LogP contribution in [0.5, 0.6) is 0 Å². The van der Waals surface area contributed by atoms with E-state index in [0.717, 1.165) is 18.4 Å². The van der Waals surface area contributed by atoms with Gasteiger partial charge in [0.25, 0.3) is 11.8 Å². The van der Waals surface area contributed by atoms with Gasteiger partial charge in [-0.15, -0.1) is 0 Å². The second-order valence-corrected chi connectivity index (χ2v) is 6.33. The van der Waals surface area contributed by atoms with E-state index in [-0.39, 0.29) is 24.5 Å². The number of nitrogens with one attached hydrogen (secondary N) is 1. The molecule has 5 heteroatoms. The normalized spacial score (nSPS) is 16.7. The molecule has 1 atom stereocenters. The Morgan fingerprint density at radius 1 is 1.16 bits per heavy atom. The minimum atomic E-state index is -0.206. The lowest BCUT2D eigenvalue weighted by Gasteiger charge is -2.23. The second kappa shape index (κ2) is 7.49. The third-order valence-electron chi connectivity index (χ3n) is 4.62. The van der Waals surface area contributed by atoms with Gasteiger partial charge in [0.15, 0.2) is 0 Å². The molecule has 2 amide bonds. The Bertz CT molecular complexity index is 774. The first-order valence-corrected chi connectivity index (χ1v) is 8.49. The number of likely N-dealkylation sites (tertiary alicyclic amines) is 1. The van der Waals surface area contributed by atoms with Gasteiger partial charge in [-0.25, -0.2) is 0 Å². The van der Waals surface area contributed by atoms with Gasteiger partial charge in [-0.05, 0) is 49.6 Å². The highest BCUT2D eigenvalue weighted by molar-refractivity contribution is 6.05. The molecule has 2 aromatic rings. The Hall–Kier alpha value is -2.66. The summed E-state index contributed by atoms with van der Waals surface area (Å²) in [6.45, 7) is 2.53. The summed E-state index contributed by atoms with van der Waals surface area (Å²) in [4.78, 5) is 26.8. The Balaban J connectivity index is 1.81. The number of hydrogen-bond acceptors (Lipinski definition) is 3. The van der Waals surface area contributed by atoms with Crippen LogP contribution in [0.1, 0.15) is 39.1 Å². The van der Waals surface area contributed by atoms with Crippen LogP contribution in [0, 0.1) is 6.92 Å². The lowest BCUT2D eigenvalue weighted by atomic mass is 10.1. The average molecular weight is 338 g/mol. The number of hydrogen-bond donors (Lipinski definition) is 2. The van der Waals surface area contributed by atoms with Crippen molar-refractivity contribution in [3.63, 3.8) is 0 Å². The molecule has 1 saturated heterocycles. The first-order valence-electron chi connectivity index (χ1n) is 8.49. The summed E-state index contributed by atoms with van der Waals surface area (Å²) in [6, 6.07) is 14.2. The number of rotatable bonds is 4. The number of nitrogens with zero attached hydrogens (tertiary/aromatic N) is 1. The number of aryl methyl sites for hydroxylation is 1. The Morgan fingerprint density at radius 3 is 2.64 bits per heavy atom. The summed E-state index contributed by atoms with van der Waals surface area (Å²) >= 11 is 0. The largest absolute Gasteiger partial charge is 0.394 e. The van der Waals surface area contributed by atoms with Crippen molar-refractivity contribution in [3.05, 3.63) is 65.2 Å². The van der Waals surface area contributed by atoms with Crippen molar-refractivity contribution >= 4 is 17.5 Å². The Kier molecular flexibility index (Phi) is 5.14. The zero-order valence-electron chi connectivity index (χ0n) is 14.2. The molecule has 0 spiro atoms. The number of benzene rings is 2. The van der Waals surface area contributed by atoms with Crippen LogP contribution in [0.15, 0.2) is 48.5 Å². The molecule has 0 saturated carbocycles. The molecule has 0 radical (unpaired) electrons. The van der Waals surface area contributed by atoms with Gasteiger partial charge in [-0.1, -0.05) is 24.3 Å². The topological polar surface area (TPSA) is 69.6 Å². The molecule has 3 rings (SSSR count). The van der Waals surface area contributed by atoms with Crippen LogP contribution in [0.2, 0.25) is 0 Å². The van der Waals surface area contributed by atoms with Crippen molar-refractivity contribution in [1.82, 2.24) is 4.90 Å². The van der Waals surface area contributed by atoms with E-state index in [4.69, 9.17) is 0 Å². The number of carbonyl (C=O) groups excluding carboxylic acids is 2. The van der Waals surface area contributed by atoms with Crippen molar-refractivity contribution in [2.75, 3.05) is 18.5 Å². The number of aliphatic hydroxyl groups excluding tert-OH is 1. The maximum absolute atomic E-state index is 12.7. The first-order chi connectivity index (χ1) is 12.1. The summed E-state index contributed by atoms with van der Waals surface area (Å²) in [6.07, 6.45) is 1.73. The molecule has 0 aliphatic carbocycles. The van der Waals surface area contributed by atoms with Gasteiger partial charge < -0.3 is 15.3 Å². The third-order valence-corrected chi connectivity index (χ3v) is 4.62. The van der Waals surface area contributed by atoms with Gasteiger partial charge in [0, 0.05) is 23.4 Å². The van der Waals surface area contributed by atoms with Crippen molar-refractivity contribution in [2.24, 2.45) is 0 Å². The number of anilines is 1. The molecular formula is C20H22N2O3. The van der Waals surface area contributed by atoms with Crippen LogP contribution in [0.25, 0.3) is 0 Å². The minimum Gasteiger partial charge on any atom is -0.394 e. The van der Waals surface area contributed by atoms with Crippen LogP contribution in [0.4, 0.5) is 5.69 Å². The molecular weight excluding hydrogens is 316 g/mol. The average Bonchev–Trinajstić information content (AvgIpc) is 3.12. The van der Waals surface area contributed by atoms with Gasteiger partial charge in [-0.3, -0.25) is 9.59 Å². The maximum atomic E-state index is 12.7. The molecule has 0 bridgehead atoms. The fourth-order valence-electron chi connectivity index (χ4n) is 3.13. The van der Waals surface area contributed by atoms with E-state index in [1.165, 1.54) is 0 Å². The SMILES string of the molecule is Cc1ccc(C(=O)N2CCC[C@@H]2CO)cc1NC(=O)c1ccccc1. The summed E-state index contributed by atoms with van der Waals surface area (Å²) in [7, 11) is 0. The van der Waals surface area contributed by atoms with Gasteiger partial charge in [-0.2, -0.15) is 0 Å². The van der Waals surface area contributed by atoms with Crippen LogP contribution < -0.4 is 5.32 Å². The fraction of sp³-hybridized carbons (Fsp3) is 0.300. The summed E-state index contributed by atoms with van der Waals surface area (Å²) in [5.41, 5.74) is 2.60. The minimum absolute atomic E-state index is 0.0186. The van der Waals surface area contributed by atoms with Gasteiger partial charge >= 0.3 is 0 Å². The summed E-state index contributed by atoms with van der Waals surface area (Å²) in [5, 5.41) is 12.3. The van der Waals surface area contributed by atoms with E-state index in [1.54, 1.807) is 29.2 Å². The zero-order chi connectivity index (χ0) is 17.8. The number of aliphatic hydroxyl groups is 1. The highest BCUT2D eigenvalue weighted by atomic mass is 16.3. The van der Waals surface area contributed by atoms with Crippen LogP contribution in [-0.2, 0) is 0 Å². The molecule has 1 fully saturated rings. The molecule has 25 heavy (non-hydrogen) atoms. The second-order valence-electron chi connectivity index (χ2n) is 6.33. The zero-order valence-corrected chi connectivity index (χ0v) is 14.2. The Morgan fingerprint density at radius 2 is 1.92 bits per heavy atom. The van der Waals surface area contributed by atoms with E-state index in [0.29, 0.717) is 23.4 Å². The maximum Gasteiger partial charge on any atom is 0.255 e. The molecule has 2 N–H and O–H groups in total. The molecule has 130 valence electrons. The van der Waals surface area contributed by atoms with Crippen molar-refractivity contribution in [1.29, 1.82) is 0 Å². The quantitative estimate of drug-likeness (QED) is 0.901. The Labute approximate surface area is 147 Å². The summed E-state index contributed by atoms with van der Waals surface area (Å²) < 4.78 is 0. The number of amides is 2. The third kappa shape index (κ3) is 3.72. The summed E-state index contributed by atoms with van der Waals surface area (Å²) in [5.74, 6) is -0.311. The number of carbonyl (C=O) groups is 2. The molecule has 5 nitrogen and oxygen atoms in total. The van der Waals surface area contributed by atoms with E-state index < -0.39 is 0 Å². The molecule has 1 aliphatic heterocycles. The standard InChI is InChI=1S/C20H22N2O3/c1-14-9-10-16(20(25)22-11-5-8-17(22)13-23)12-18(14)21-19(24)15-6-3-2-4-7-15/h2-4,6-7,9-10,12,17,23H,5,8,11,13H2,1H3,(H,21,24)/t17-/m1/s1. The van der Waals surface area contributed by atoms with Crippen molar-refractivity contribution < 1.29 is 14.7 Å². The predicted molar refractivity (Wildman–Crippen MR) is 96.7 cm³/mol. The lowest BCUT2D eigenvalue weighted by Crippen LogP contribution is -2.37. The molecule has 0 aromatic heterocycles. The van der Waals surface area contributed by atoms with Crippen molar-refractivity contribution in [2.45, 2.75) is 25.8 Å². The van der Waals surface area contributed by atoms with E-state index >= 15 is 0 Å². The van der Waals surface area contributed by atoms with E-state index in [2.05, 4.69) is 5.32 Å². The molecule has 1 aliphatic rings. The molecule has 2 aromatic carbocycles. The highest BCUT2D eigenvalue weighted by Gasteiger charge is 2.29. The van der Waals surface area contributed by atoms with Crippen molar-refractivity contribution in [3.8, 4) is 0 Å². The van der Waals surface area contributed by atoms with Crippen LogP contribution in [-0.4, -0.2) is 41.0 Å². The molecule has 0 unspecified atom stereocenters. The lowest BCUT2D eigenvalue weighted by molar-refractivity contribution is 0.0677. The van der Waals surface area contributed by atoms with Gasteiger partial charge in [0.2, 0.25) is 0 Å². The van der Waals surface area contributed by atoms with Gasteiger partial charge in [0.1, 0.15) is 0 Å². The first kappa shape index (κ1) is 17.2. The van der Waals surface area contributed by atoms with Gasteiger partial charge in [0.05, 0.1) is 12.6 Å². The van der Waals surface area contributed by atoms with Crippen LogP contribution in [0.3, 0.4) is 0 Å². The predicted octanol–water partition coefficient (Wildman–Crippen LogP) is 2.84. The molecule has 1 heterocycles. The van der Waals surface area contributed by atoms with E-state index in [9.17, 15) is 14.7 Å². The van der Waals surface area contributed by atoms with Crippen LogP contribution >= 0.6 is 0 Å².